The zero-order valence-electron chi connectivity index (χ0n) is 9.28. The summed E-state index contributed by atoms with van der Waals surface area (Å²) < 4.78 is 17.6. The van der Waals surface area contributed by atoms with E-state index in [1.54, 1.807) is 0 Å². The van der Waals surface area contributed by atoms with Crippen molar-refractivity contribution in [1.82, 2.24) is 0 Å². The Morgan fingerprint density at radius 2 is 1.75 bits per heavy atom. The first-order valence-corrected chi connectivity index (χ1v) is 4.78. The molecule has 76 valence electrons. The predicted molar refractivity (Wildman–Crippen MR) is 51.9 cm³/mol. The van der Waals surface area contributed by atoms with Crippen LogP contribution in [0.1, 0.15) is 48.0 Å². The third kappa shape index (κ3) is 12.6. The lowest BCUT2D eigenvalue weighted by molar-refractivity contribution is -0.125. The Bertz CT molecular complexity index is 86.3. The molecule has 0 aliphatic carbocycles. The van der Waals surface area contributed by atoms with Crippen LogP contribution in [-0.4, -0.2) is 12.5 Å². The third-order valence-electron chi connectivity index (χ3n) is 1.41. The van der Waals surface area contributed by atoms with Crippen LogP contribution in [0.25, 0.3) is 0 Å². The van der Waals surface area contributed by atoms with Gasteiger partial charge in [-0.1, -0.05) is 34.1 Å². The molecule has 0 amide bonds. The fraction of sp³-hybridized carbons (Fsp3) is 1.00. The van der Waals surface area contributed by atoms with Crippen molar-refractivity contribution in [3.05, 3.63) is 0 Å². The lowest BCUT2D eigenvalue weighted by atomic mass is 10.1. The van der Waals surface area contributed by atoms with Crippen LogP contribution in [0.3, 0.4) is 0 Å². The number of hydrogen-bond acceptors (Lipinski definition) is 1. The van der Waals surface area contributed by atoms with Crippen LogP contribution in [0.2, 0.25) is 0 Å². The first kappa shape index (κ1) is 14.4. The van der Waals surface area contributed by atoms with E-state index in [0.29, 0.717) is 12.5 Å². The Balaban J connectivity index is 0. The lowest BCUT2D eigenvalue weighted by Crippen LogP contribution is -2.20. The highest BCUT2D eigenvalue weighted by molar-refractivity contribution is 4.52. The summed E-state index contributed by atoms with van der Waals surface area (Å²) in [6.07, 6.45) is 1.04. The molecular weight excluding hydrogens is 155 g/mol. The first-order valence-electron chi connectivity index (χ1n) is 4.78. The maximum absolute atomic E-state index is 12.7. The molecule has 0 rings (SSSR count). The van der Waals surface area contributed by atoms with E-state index in [1.807, 2.05) is 20.8 Å². The van der Waals surface area contributed by atoms with Crippen LogP contribution >= 0.6 is 0 Å². The second-order valence-electron chi connectivity index (χ2n) is 3.19. The maximum Gasteiger partial charge on any atom is 0.203 e. The Hall–Kier alpha value is -0.110. The van der Waals surface area contributed by atoms with Crippen molar-refractivity contribution in [1.29, 1.82) is 0 Å². The smallest absolute Gasteiger partial charge is 0.203 e. The zero-order valence-corrected chi connectivity index (χ0v) is 9.28. The van der Waals surface area contributed by atoms with Gasteiger partial charge in [-0.2, -0.15) is 0 Å². The van der Waals surface area contributed by atoms with E-state index in [4.69, 9.17) is 4.74 Å². The molecule has 2 heteroatoms. The molecule has 0 aliphatic rings. The molecule has 0 aromatic heterocycles. The molecule has 0 heterocycles. The van der Waals surface area contributed by atoms with Gasteiger partial charge in [-0.15, -0.1) is 0 Å². The van der Waals surface area contributed by atoms with Gasteiger partial charge >= 0.3 is 0 Å². The van der Waals surface area contributed by atoms with Gasteiger partial charge in [0.25, 0.3) is 0 Å². The van der Waals surface area contributed by atoms with Gasteiger partial charge in [0.05, 0.1) is 6.61 Å². The fourth-order valence-corrected chi connectivity index (χ4v) is 0.458. The normalized spacial score (nSPS) is 13.2. The largest absolute Gasteiger partial charge is 0.346 e. The van der Waals surface area contributed by atoms with E-state index in [9.17, 15) is 4.39 Å². The summed E-state index contributed by atoms with van der Waals surface area (Å²) >= 11 is 0. The molecule has 1 nitrogen and oxygen atoms in total. The van der Waals surface area contributed by atoms with Gasteiger partial charge in [0.1, 0.15) is 0 Å². The van der Waals surface area contributed by atoms with Gasteiger partial charge < -0.3 is 4.74 Å². The van der Waals surface area contributed by atoms with Gasteiger partial charge in [0.2, 0.25) is 5.85 Å². The summed E-state index contributed by atoms with van der Waals surface area (Å²) in [5, 5.41) is 0. The molecule has 1 unspecified atom stereocenters. The highest BCUT2D eigenvalue weighted by atomic mass is 19.2. The summed E-state index contributed by atoms with van der Waals surface area (Å²) in [4.78, 5) is 0. The molecule has 0 radical (unpaired) electrons. The monoisotopic (exact) mass is 178 g/mol. The number of ether oxygens (including phenoxy) is 1. The van der Waals surface area contributed by atoms with Crippen molar-refractivity contribution in [2.45, 2.75) is 53.8 Å². The highest BCUT2D eigenvalue weighted by Crippen LogP contribution is 2.12. The first-order chi connectivity index (χ1) is 5.45. The van der Waals surface area contributed by atoms with Crippen LogP contribution in [0.5, 0.6) is 0 Å². The van der Waals surface area contributed by atoms with E-state index >= 15 is 0 Å². The van der Waals surface area contributed by atoms with Crippen LogP contribution in [-0.2, 0) is 4.74 Å². The molecule has 1 atom stereocenters. The minimum Gasteiger partial charge on any atom is -0.346 e. The second kappa shape index (κ2) is 7.53. The fourth-order valence-electron chi connectivity index (χ4n) is 0.458. The molecule has 0 aliphatic heterocycles. The van der Waals surface area contributed by atoms with Gasteiger partial charge in [-0.05, 0) is 19.8 Å². The van der Waals surface area contributed by atoms with E-state index in [1.165, 1.54) is 13.8 Å². The van der Waals surface area contributed by atoms with Crippen LogP contribution in [0, 0.1) is 5.92 Å². The van der Waals surface area contributed by atoms with E-state index in [-0.39, 0.29) is 0 Å². The van der Waals surface area contributed by atoms with E-state index in [2.05, 4.69) is 6.92 Å². The Kier molecular flexibility index (Phi) is 9.05. The minimum absolute atomic E-state index is 0.454. The van der Waals surface area contributed by atoms with Crippen molar-refractivity contribution in [2.24, 2.45) is 5.92 Å². The molecule has 0 aromatic carbocycles. The van der Waals surface area contributed by atoms with Crippen LogP contribution < -0.4 is 0 Å². The summed E-state index contributed by atoms with van der Waals surface area (Å²) in [5.74, 6) is -1.02. The number of hydrogen-bond donors (Lipinski definition) is 0. The Labute approximate surface area is 76.3 Å². The van der Waals surface area contributed by atoms with Crippen LogP contribution in [0.4, 0.5) is 4.39 Å². The van der Waals surface area contributed by atoms with Crippen molar-refractivity contribution in [3.63, 3.8) is 0 Å². The lowest BCUT2D eigenvalue weighted by Gasteiger charge is -2.17. The minimum atomic E-state index is -1.47. The SMILES string of the molecule is CC.CCC(C)COC(C)(C)F. The average molecular weight is 178 g/mol. The Morgan fingerprint density at radius 1 is 1.33 bits per heavy atom. The molecular formula is C10H23FO. The van der Waals surface area contributed by atoms with Crippen molar-refractivity contribution >= 4 is 0 Å². The Morgan fingerprint density at radius 3 is 2.00 bits per heavy atom. The molecule has 0 saturated heterocycles. The topological polar surface area (TPSA) is 9.23 Å². The zero-order chi connectivity index (χ0) is 10.2. The molecule has 0 saturated carbocycles. The van der Waals surface area contributed by atoms with E-state index < -0.39 is 5.85 Å². The quantitative estimate of drug-likeness (QED) is 0.636. The summed E-state index contributed by atoms with van der Waals surface area (Å²) in [7, 11) is 0. The van der Waals surface area contributed by atoms with Gasteiger partial charge in [-0.3, -0.25) is 0 Å². The summed E-state index contributed by atoms with van der Waals surface area (Å²) in [5.41, 5.74) is 0. The van der Waals surface area contributed by atoms with Gasteiger partial charge in [0.15, 0.2) is 0 Å². The predicted octanol–water partition coefficient (Wildman–Crippen LogP) is 3.78. The number of alkyl halides is 1. The van der Waals surface area contributed by atoms with E-state index in [0.717, 1.165) is 6.42 Å². The molecule has 0 N–H and O–H groups in total. The van der Waals surface area contributed by atoms with Gasteiger partial charge in [-0.25, -0.2) is 4.39 Å². The maximum atomic E-state index is 12.7. The molecule has 0 aromatic rings. The van der Waals surface area contributed by atoms with Crippen molar-refractivity contribution < 1.29 is 9.13 Å². The van der Waals surface area contributed by atoms with Crippen LogP contribution in [0.15, 0.2) is 0 Å². The molecule has 0 bridgehead atoms. The third-order valence-corrected chi connectivity index (χ3v) is 1.41. The average Bonchev–Trinajstić information content (AvgIpc) is 2.03. The summed E-state index contributed by atoms with van der Waals surface area (Å²) in [6.45, 7) is 11.5. The van der Waals surface area contributed by atoms with Crippen molar-refractivity contribution in [3.8, 4) is 0 Å². The molecule has 0 spiro atoms. The van der Waals surface area contributed by atoms with Gasteiger partial charge in [0, 0.05) is 0 Å². The number of halogens is 1. The standard InChI is InChI=1S/C8H17FO.C2H6/c1-5-7(2)6-10-8(3,4)9;1-2/h7H,5-6H2,1-4H3;1-2H3. The van der Waals surface area contributed by atoms with Crippen molar-refractivity contribution in [2.75, 3.05) is 6.61 Å². The highest BCUT2D eigenvalue weighted by Gasteiger charge is 2.15. The number of rotatable bonds is 4. The molecule has 12 heavy (non-hydrogen) atoms. The summed E-state index contributed by atoms with van der Waals surface area (Å²) in [6, 6.07) is 0. The second-order valence-corrected chi connectivity index (χ2v) is 3.19. The molecule has 0 fully saturated rings.